The van der Waals surface area contributed by atoms with Crippen molar-refractivity contribution in [2.45, 2.75) is 20.8 Å². The zero-order chi connectivity index (χ0) is 7.15. The van der Waals surface area contributed by atoms with Gasteiger partial charge in [0.15, 0.2) is 0 Å². The third-order valence-corrected chi connectivity index (χ3v) is 0. The minimum Gasteiger partial charge on any atom is -0.481 e. The van der Waals surface area contributed by atoms with Gasteiger partial charge in [0.25, 0.3) is 5.97 Å². The van der Waals surface area contributed by atoms with E-state index in [9.17, 15) is 0 Å². The van der Waals surface area contributed by atoms with Crippen LogP contribution < -0.4 is 0 Å². The molecule has 0 aliphatic rings. The smallest absolute Gasteiger partial charge is 0.300 e. The average Bonchev–Trinajstić information content (AvgIpc) is 1.25. The van der Waals surface area contributed by atoms with Gasteiger partial charge in [0, 0.05) is 26.4 Å². The fraction of sp³-hybridized carbons (Fsp3) is 0.667. The van der Waals surface area contributed by atoms with Crippen LogP contribution in [0, 0.1) is 12.8 Å². The van der Waals surface area contributed by atoms with Crippen LogP contribution >= 0.6 is 0 Å². The molecule has 0 saturated heterocycles. The van der Waals surface area contributed by atoms with Crippen LogP contribution in [-0.2, 0) is 24.3 Å². The Labute approximate surface area is 69.4 Å². The molecule has 0 unspecified atom stereocenters. The molecule has 0 aromatic carbocycles. The van der Waals surface area contributed by atoms with E-state index in [0.717, 1.165) is 6.92 Å². The minimum absolute atomic E-state index is 0. The van der Waals surface area contributed by atoms with Gasteiger partial charge in [-0.3, -0.25) is 4.79 Å². The maximum absolute atomic E-state index is 9.00. The van der Waals surface area contributed by atoms with E-state index < -0.39 is 5.97 Å². The van der Waals surface area contributed by atoms with Gasteiger partial charge < -0.3 is 12.0 Å². The van der Waals surface area contributed by atoms with E-state index in [1.807, 2.05) is 0 Å². The van der Waals surface area contributed by atoms with E-state index >= 15 is 0 Å². The largest absolute Gasteiger partial charge is 0.481 e. The molecule has 2 nitrogen and oxygen atoms in total. The van der Waals surface area contributed by atoms with Crippen LogP contribution in [0.5, 0.6) is 0 Å². The first kappa shape index (κ1) is 16.0. The van der Waals surface area contributed by atoms with Crippen molar-refractivity contribution in [1.29, 1.82) is 0 Å². The first-order valence-electron chi connectivity index (χ1n) is 2.49. The Kier molecular flexibility index (Phi) is 19.5. The maximum atomic E-state index is 9.00. The second kappa shape index (κ2) is 11.0. The van der Waals surface area contributed by atoms with Crippen LogP contribution in [0.2, 0.25) is 0 Å². The van der Waals surface area contributed by atoms with Crippen molar-refractivity contribution >= 4 is 5.97 Å². The number of hydrogen-bond acceptors (Lipinski definition) is 1. The van der Waals surface area contributed by atoms with E-state index in [4.69, 9.17) is 9.90 Å². The molecule has 3 heteroatoms. The van der Waals surface area contributed by atoms with Crippen molar-refractivity contribution in [2.75, 3.05) is 0 Å². The monoisotopic (exact) mass is 181 g/mol. The zero-order valence-electron chi connectivity index (χ0n) is 6.35. The number of aliphatic carboxylic acids is 1. The van der Waals surface area contributed by atoms with Crippen LogP contribution in [0.3, 0.4) is 0 Å². The number of rotatable bonds is 0. The van der Waals surface area contributed by atoms with Crippen LogP contribution in [0.15, 0.2) is 0 Å². The van der Waals surface area contributed by atoms with Crippen molar-refractivity contribution in [2.24, 2.45) is 5.92 Å². The summed E-state index contributed by atoms with van der Waals surface area (Å²) >= 11 is 0. The SMILES string of the molecule is CC(=O)O.[CH2-]C(C)C.[Zn]. The van der Waals surface area contributed by atoms with Crippen molar-refractivity contribution in [3.05, 3.63) is 6.92 Å². The van der Waals surface area contributed by atoms with E-state index in [1.165, 1.54) is 0 Å². The van der Waals surface area contributed by atoms with Gasteiger partial charge >= 0.3 is 0 Å². The molecule has 0 radical (unpaired) electrons. The summed E-state index contributed by atoms with van der Waals surface area (Å²) < 4.78 is 0. The van der Waals surface area contributed by atoms with Crippen molar-refractivity contribution < 1.29 is 29.4 Å². The molecule has 0 aliphatic heterocycles. The first-order valence-corrected chi connectivity index (χ1v) is 2.49. The molecule has 0 spiro atoms. The van der Waals surface area contributed by atoms with Crippen LogP contribution in [0.4, 0.5) is 0 Å². The Balaban J connectivity index is -0.0000000720. The molecule has 0 amide bonds. The minimum atomic E-state index is -0.833. The van der Waals surface area contributed by atoms with Gasteiger partial charge in [0.2, 0.25) is 0 Å². The molecule has 1 N–H and O–H groups in total. The molecule has 0 aliphatic carbocycles. The third kappa shape index (κ3) is 34500. The molecule has 0 heterocycles. The Morgan fingerprint density at radius 2 is 1.56 bits per heavy atom. The van der Waals surface area contributed by atoms with Crippen LogP contribution in [0.1, 0.15) is 20.8 Å². The van der Waals surface area contributed by atoms with Crippen molar-refractivity contribution in [3.8, 4) is 0 Å². The van der Waals surface area contributed by atoms with E-state index in [0.29, 0.717) is 5.92 Å². The molecular formula is C6H13O2Zn-. The average molecular weight is 183 g/mol. The molecule has 0 bridgehead atoms. The predicted molar refractivity (Wildman–Crippen MR) is 33.5 cm³/mol. The van der Waals surface area contributed by atoms with E-state index in [1.54, 1.807) is 0 Å². The third-order valence-electron chi connectivity index (χ3n) is 0. The second-order valence-corrected chi connectivity index (χ2v) is 1.91. The Morgan fingerprint density at radius 1 is 1.56 bits per heavy atom. The fourth-order valence-corrected chi connectivity index (χ4v) is 0. The van der Waals surface area contributed by atoms with Gasteiger partial charge in [0.1, 0.15) is 0 Å². The van der Waals surface area contributed by atoms with E-state index in [2.05, 4.69) is 20.8 Å². The summed E-state index contributed by atoms with van der Waals surface area (Å²) in [4.78, 5) is 9.00. The molecule has 0 saturated carbocycles. The molecule has 0 fully saturated rings. The van der Waals surface area contributed by atoms with Gasteiger partial charge in [-0.25, -0.2) is 0 Å². The Bertz CT molecular complexity index is 55.3. The molecule has 52 valence electrons. The van der Waals surface area contributed by atoms with Crippen LogP contribution in [0.25, 0.3) is 0 Å². The quantitative estimate of drug-likeness (QED) is 0.456. The molecule has 9 heavy (non-hydrogen) atoms. The summed E-state index contributed by atoms with van der Waals surface area (Å²) in [5.74, 6) is -0.250. The van der Waals surface area contributed by atoms with Gasteiger partial charge in [-0.15, -0.1) is 0 Å². The summed E-state index contributed by atoms with van der Waals surface area (Å²) in [6, 6.07) is 0. The van der Waals surface area contributed by atoms with Gasteiger partial charge in [0.05, 0.1) is 0 Å². The summed E-state index contributed by atoms with van der Waals surface area (Å²) in [7, 11) is 0. The summed E-state index contributed by atoms with van der Waals surface area (Å²) in [5.41, 5.74) is 0. The molecule has 0 aromatic rings. The van der Waals surface area contributed by atoms with Gasteiger partial charge in [-0.2, -0.15) is 5.92 Å². The van der Waals surface area contributed by atoms with Crippen LogP contribution in [-0.4, -0.2) is 11.1 Å². The predicted octanol–water partition coefficient (Wildman–Crippen LogP) is 1.56. The fourth-order valence-electron chi connectivity index (χ4n) is 0. The maximum Gasteiger partial charge on any atom is 0.300 e. The Morgan fingerprint density at radius 3 is 1.56 bits per heavy atom. The van der Waals surface area contributed by atoms with Gasteiger partial charge in [-0.05, 0) is 0 Å². The normalized spacial score (nSPS) is 6.78. The standard InChI is InChI=1S/C4H9.C2H4O2.Zn/c1-4(2)3;1-2(3)4;/h4H,1H2,2-3H3;1H3,(H,3,4);/q-1;;. The number of carboxylic acid groups (broad SMARTS) is 1. The molecule has 0 aromatic heterocycles. The summed E-state index contributed by atoms with van der Waals surface area (Å²) in [6.07, 6.45) is 0. The van der Waals surface area contributed by atoms with E-state index in [-0.39, 0.29) is 19.5 Å². The molecular weight excluding hydrogens is 169 g/mol. The second-order valence-electron chi connectivity index (χ2n) is 1.91. The number of carboxylic acids is 1. The van der Waals surface area contributed by atoms with Crippen molar-refractivity contribution in [3.63, 3.8) is 0 Å². The van der Waals surface area contributed by atoms with Gasteiger partial charge in [-0.1, -0.05) is 13.8 Å². The summed E-state index contributed by atoms with van der Waals surface area (Å²) in [6.45, 7) is 8.83. The number of carbonyl (C=O) groups is 1. The zero-order valence-corrected chi connectivity index (χ0v) is 9.31. The summed E-state index contributed by atoms with van der Waals surface area (Å²) in [5, 5.41) is 7.42. The van der Waals surface area contributed by atoms with Crippen molar-refractivity contribution in [1.82, 2.24) is 0 Å². The number of hydrogen-bond donors (Lipinski definition) is 1. The topological polar surface area (TPSA) is 37.3 Å². The molecule has 0 rings (SSSR count). The molecule has 0 atom stereocenters. The first-order chi connectivity index (χ1) is 3.46. The Hall–Kier alpha value is 0.0934.